The zero-order valence-electron chi connectivity index (χ0n) is 12.3. The molecule has 0 amide bonds. The molecule has 0 unspecified atom stereocenters. The van der Waals surface area contributed by atoms with Crippen LogP contribution in [0, 0.1) is 6.92 Å². The Labute approximate surface area is 120 Å². The SMILES string of the molecule is CCn1nc(C)cc1CN1CCc2ccc(N)cc2C1. The normalized spacial score (nSPS) is 15.3. The van der Waals surface area contributed by atoms with E-state index in [4.69, 9.17) is 5.73 Å². The van der Waals surface area contributed by atoms with Gasteiger partial charge >= 0.3 is 0 Å². The lowest BCUT2D eigenvalue weighted by Gasteiger charge is -2.29. The molecule has 0 atom stereocenters. The summed E-state index contributed by atoms with van der Waals surface area (Å²) >= 11 is 0. The molecule has 1 aromatic carbocycles. The maximum Gasteiger partial charge on any atom is 0.0597 e. The Morgan fingerprint density at radius 1 is 1.25 bits per heavy atom. The number of hydrogen-bond acceptors (Lipinski definition) is 3. The van der Waals surface area contributed by atoms with Crippen LogP contribution in [0.25, 0.3) is 0 Å². The van der Waals surface area contributed by atoms with Crippen molar-refractivity contribution < 1.29 is 0 Å². The van der Waals surface area contributed by atoms with Crippen molar-refractivity contribution in [3.63, 3.8) is 0 Å². The zero-order chi connectivity index (χ0) is 14.1. The van der Waals surface area contributed by atoms with Gasteiger partial charge in [-0.25, -0.2) is 0 Å². The molecule has 20 heavy (non-hydrogen) atoms. The molecule has 2 heterocycles. The predicted octanol–water partition coefficient (Wildman–Crippen LogP) is 2.35. The van der Waals surface area contributed by atoms with Crippen LogP contribution in [-0.4, -0.2) is 21.2 Å². The topological polar surface area (TPSA) is 47.1 Å². The highest BCUT2D eigenvalue weighted by molar-refractivity contribution is 5.45. The third-order valence-electron chi connectivity index (χ3n) is 3.99. The minimum absolute atomic E-state index is 0.861. The molecule has 4 nitrogen and oxygen atoms in total. The molecule has 3 rings (SSSR count). The highest BCUT2D eigenvalue weighted by Crippen LogP contribution is 2.22. The van der Waals surface area contributed by atoms with E-state index in [1.54, 1.807) is 0 Å². The number of anilines is 1. The molecule has 106 valence electrons. The average Bonchev–Trinajstić information content (AvgIpc) is 2.78. The first-order chi connectivity index (χ1) is 9.65. The molecule has 4 heteroatoms. The molecule has 0 bridgehead atoms. The molecule has 0 fully saturated rings. The van der Waals surface area contributed by atoms with E-state index < -0.39 is 0 Å². The highest BCUT2D eigenvalue weighted by atomic mass is 15.3. The van der Waals surface area contributed by atoms with Crippen molar-refractivity contribution in [2.75, 3.05) is 12.3 Å². The second-order valence-corrected chi connectivity index (χ2v) is 5.58. The summed E-state index contributed by atoms with van der Waals surface area (Å²) in [5, 5.41) is 4.52. The molecule has 0 spiro atoms. The standard InChI is InChI=1S/C16H22N4/c1-3-20-16(8-12(2)18-20)11-19-7-6-13-4-5-15(17)9-14(13)10-19/h4-5,8-9H,3,6-7,10-11,17H2,1-2H3. The number of nitrogens with zero attached hydrogens (tertiary/aromatic N) is 3. The molecule has 1 aliphatic rings. The molecule has 0 aliphatic carbocycles. The molecular weight excluding hydrogens is 248 g/mol. The van der Waals surface area contributed by atoms with E-state index in [0.29, 0.717) is 0 Å². The van der Waals surface area contributed by atoms with Crippen molar-refractivity contribution in [3.8, 4) is 0 Å². The Kier molecular flexibility index (Phi) is 3.49. The fraction of sp³-hybridized carbons (Fsp3) is 0.438. The molecule has 1 aromatic heterocycles. The van der Waals surface area contributed by atoms with E-state index in [2.05, 4.69) is 46.7 Å². The summed E-state index contributed by atoms with van der Waals surface area (Å²) in [5.41, 5.74) is 12.0. The molecule has 1 aliphatic heterocycles. The van der Waals surface area contributed by atoms with Crippen molar-refractivity contribution >= 4 is 5.69 Å². The van der Waals surface area contributed by atoms with Crippen LogP contribution in [0.4, 0.5) is 5.69 Å². The monoisotopic (exact) mass is 270 g/mol. The summed E-state index contributed by atoms with van der Waals surface area (Å²) < 4.78 is 2.10. The first-order valence-electron chi connectivity index (χ1n) is 7.28. The van der Waals surface area contributed by atoms with E-state index in [9.17, 15) is 0 Å². The Morgan fingerprint density at radius 3 is 2.90 bits per heavy atom. The maximum atomic E-state index is 5.90. The van der Waals surface area contributed by atoms with Gasteiger partial charge in [0.15, 0.2) is 0 Å². The molecule has 2 aromatic rings. The van der Waals surface area contributed by atoms with Gasteiger partial charge in [-0.1, -0.05) is 6.07 Å². The smallest absolute Gasteiger partial charge is 0.0597 e. The van der Waals surface area contributed by atoms with E-state index >= 15 is 0 Å². The second-order valence-electron chi connectivity index (χ2n) is 5.58. The molecular formula is C16H22N4. The zero-order valence-corrected chi connectivity index (χ0v) is 12.3. The number of fused-ring (bicyclic) bond motifs is 1. The number of rotatable bonds is 3. The second kappa shape index (κ2) is 5.29. The molecule has 0 saturated heterocycles. The van der Waals surface area contributed by atoms with Crippen LogP contribution in [0.5, 0.6) is 0 Å². The predicted molar refractivity (Wildman–Crippen MR) is 81.3 cm³/mol. The first kappa shape index (κ1) is 13.2. The van der Waals surface area contributed by atoms with Crippen molar-refractivity contribution in [1.29, 1.82) is 0 Å². The van der Waals surface area contributed by atoms with Gasteiger partial charge in [0.1, 0.15) is 0 Å². The maximum absolute atomic E-state index is 5.90. The van der Waals surface area contributed by atoms with Crippen molar-refractivity contribution in [2.24, 2.45) is 0 Å². The van der Waals surface area contributed by atoms with Crippen LogP contribution in [0.15, 0.2) is 24.3 Å². The fourth-order valence-electron chi connectivity index (χ4n) is 3.00. The van der Waals surface area contributed by atoms with Gasteiger partial charge in [-0.3, -0.25) is 9.58 Å². The van der Waals surface area contributed by atoms with Crippen molar-refractivity contribution in [2.45, 2.75) is 39.9 Å². The number of nitrogen functional groups attached to an aromatic ring is 1. The average molecular weight is 270 g/mol. The Balaban J connectivity index is 1.77. The summed E-state index contributed by atoms with van der Waals surface area (Å²) in [6.07, 6.45) is 1.11. The number of nitrogens with two attached hydrogens (primary N) is 1. The summed E-state index contributed by atoms with van der Waals surface area (Å²) in [6.45, 7) is 8.17. The van der Waals surface area contributed by atoms with Gasteiger partial charge in [0.25, 0.3) is 0 Å². The van der Waals surface area contributed by atoms with E-state index in [1.165, 1.54) is 16.8 Å². The van der Waals surface area contributed by atoms with Crippen LogP contribution in [-0.2, 0) is 26.1 Å². The quantitative estimate of drug-likeness (QED) is 0.871. The highest BCUT2D eigenvalue weighted by Gasteiger charge is 2.18. The van der Waals surface area contributed by atoms with Crippen LogP contribution in [0.2, 0.25) is 0 Å². The lowest BCUT2D eigenvalue weighted by atomic mass is 9.99. The lowest BCUT2D eigenvalue weighted by Crippen LogP contribution is -2.31. The van der Waals surface area contributed by atoms with Gasteiger partial charge in [0.05, 0.1) is 11.4 Å². The minimum atomic E-state index is 0.861. The number of benzene rings is 1. The van der Waals surface area contributed by atoms with Gasteiger partial charge in [-0.15, -0.1) is 0 Å². The van der Waals surface area contributed by atoms with Crippen molar-refractivity contribution in [3.05, 3.63) is 46.8 Å². The largest absolute Gasteiger partial charge is 0.399 e. The summed E-state index contributed by atoms with van der Waals surface area (Å²) in [6, 6.07) is 8.48. The van der Waals surface area contributed by atoms with Gasteiger partial charge in [0.2, 0.25) is 0 Å². The van der Waals surface area contributed by atoms with Crippen LogP contribution < -0.4 is 5.73 Å². The third-order valence-corrected chi connectivity index (χ3v) is 3.99. The lowest BCUT2D eigenvalue weighted by molar-refractivity contribution is 0.238. The minimum Gasteiger partial charge on any atom is -0.399 e. The van der Waals surface area contributed by atoms with Crippen molar-refractivity contribution in [1.82, 2.24) is 14.7 Å². The fourth-order valence-corrected chi connectivity index (χ4v) is 3.00. The van der Waals surface area contributed by atoms with Gasteiger partial charge in [-0.05, 0) is 49.6 Å². The molecule has 2 N–H and O–H groups in total. The van der Waals surface area contributed by atoms with E-state index in [0.717, 1.165) is 44.0 Å². The van der Waals surface area contributed by atoms with E-state index in [1.807, 2.05) is 6.07 Å². The number of hydrogen-bond donors (Lipinski definition) is 1. The number of aromatic nitrogens is 2. The van der Waals surface area contributed by atoms with Crippen LogP contribution in [0.1, 0.15) is 29.4 Å². The van der Waals surface area contributed by atoms with Crippen LogP contribution >= 0.6 is 0 Å². The van der Waals surface area contributed by atoms with E-state index in [-0.39, 0.29) is 0 Å². The Bertz CT molecular complexity index is 615. The summed E-state index contributed by atoms with van der Waals surface area (Å²) in [4.78, 5) is 2.48. The number of aryl methyl sites for hydroxylation is 2. The first-order valence-corrected chi connectivity index (χ1v) is 7.28. The third kappa shape index (κ3) is 2.56. The Hall–Kier alpha value is -1.81. The molecule has 0 saturated carbocycles. The van der Waals surface area contributed by atoms with Gasteiger partial charge < -0.3 is 5.73 Å². The summed E-state index contributed by atoms with van der Waals surface area (Å²) in [5.74, 6) is 0. The summed E-state index contributed by atoms with van der Waals surface area (Å²) in [7, 11) is 0. The van der Waals surface area contributed by atoms with Gasteiger partial charge in [-0.2, -0.15) is 5.10 Å². The molecule has 0 radical (unpaired) electrons. The van der Waals surface area contributed by atoms with Crippen LogP contribution in [0.3, 0.4) is 0 Å². The Morgan fingerprint density at radius 2 is 2.10 bits per heavy atom. The van der Waals surface area contributed by atoms with Gasteiger partial charge in [0, 0.05) is 31.9 Å².